The maximum Gasteiger partial charge on any atom is 0.234 e. The minimum absolute atomic E-state index is 0.0612. The molecule has 0 spiro atoms. The summed E-state index contributed by atoms with van der Waals surface area (Å²) in [6, 6.07) is 14.7. The Bertz CT molecular complexity index is 851. The smallest absolute Gasteiger partial charge is 0.234 e. The molecular formula is C23H29N3O3. The van der Waals surface area contributed by atoms with Gasteiger partial charge in [0.25, 0.3) is 0 Å². The molecular weight excluding hydrogens is 366 g/mol. The Kier molecular flexibility index (Phi) is 5.90. The molecule has 0 aromatic heterocycles. The number of benzene rings is 2. The number of rotatable bonds is 6. The van der Waals surface area contributed by atoms with Crippen molar-refractivity contribution in [3.63, 3.8) is 0 Å². The van der Waals surface area contributed by atoms with Crippen LogP contribution in [0, 0.1) is 0 Å². The van der Waals surface area contributed by atoms with Crippen molar-refractivity contribution in [2.75, 3.05) is 45.3 Å². The van der Waals surface area contributed by atoms with E-state index in [-0.39, 0.29) is 11.9 Å². The molecule has 0 bridgehead atoms. The number of hydrogen-bond donors (Lipinski definition) is 1. The molecule has 4 rings (SSSR count). The van der Waals surface area contributed by atoms with Crippen LogP contribution in [0.2, 0.25) is 0 Å². The van der Waals surface area contributed by atoms with Gasteiger partial charge in [-0.2, -0.15) is 0 Å². The Labute approximate surface area is 172 Å². The normalized spacial score (nSPS) is 18.5. The number of carbonyl (C=O) groups is 1. The number of likely N-dealkylation sites (tertiary alicyclic amines) is 1. The van der Waals surface area contributed by atoms with Gasteiger partial charge < -0.3 is 19.7 Å². The Morgan fingerprint density at radius 1 is 1.10 bits per heavy atom. The van der Waals surface area contributed by atoms with Crippen molar-refractivity contribution in [1.82, 2.24) is 10.2 Å². The molecule has 2 heterocycles. The lowest BCUT2D eigenvalue weighted by Crippen LogP contribution is -2.36. The van der Waals surface area contributed by atoms with Crippen LogP contribution >= 0.6 is 0 Å². The van der Waals surface area contributed by atoms with Gasteiger partial charge in [0.2, 0.25) is 5.91 Å². The predicted octanol–water partition coefficient (Wildman–Crippen LogP) is 2.98. The summed E-state index contributed by atoms with van der Waals surface area (Å²) in [6.07, 6.45) is 2.15. The largest absolute Gasteiger partial charge is 0.486 e. The fraction of sp³-hybridized carbons (Fsp3) is 0.435. The maximum absolute atomic E-state index is 12.6. The highest BCUT2D eigenvalue weighted by molar-refractivity contribution is 5.78. The first-order valence-corrected chi connectivity index (χ1v) is 10.3. The van der Waals surface area contributed by atoms with Gasteiger partial charge in [0.05, 0.1) is 6.54 Å². The van der Waals surface area contributed by atoms with Crippen molar-refractivity contribution in [1.29, 1.82) is 0 Å². The fourth-order valence-electron chi connectivity index (χ4n) is 4.01. The highest BCUT2D eigenvalue weighted by Gasteiger charge is 2.28. The van der Waals surface area contributed by atoms with Crippen LogP contribution < -0.4 is 19.7 Å². The van der Waals surface area contributed by atoms with Gasteiger partial charge in [0, 0.05) is 32.4 Å². The van der Waals surface area contributed by atoms with E-state index in [2.05, 4.69) is 51.5 Å². The van der Waals surface area contributed by atoms with Gasteiger partial charge in [0.1, 0.15) is 13.2 Å². The number of ether oxygens (including phenoxy) is 2. The summed E-state index contributed by atoms with van der Waals surface area (Å²) in [5.74, 6) is 1.68. The predicted molar refractivity (Wildman–Crippen MR) is 114 cm³/mol. The topological polar surface area (TPSA) is 54.0 Å². The molecule has 1 saturated heterocycles. The van der Waals surface area contributed by atoms with Gasteiger partial charge in [0.15, 0.2) is 11.5 Å². The van der Waals surface area contributed by atoms with Gasteiger partial charge >= 0.3 is 0 Å². The third-order valence-corrected chi connectivity index (χ3v) is 5.60. The summed E-state index contributed by atoms with van der Waals surface area (Å²) >= 11 is 0. The fourth-order valence-corrected chi connectivity index (χ4v) is 4.01. The highest BCUT2D eigenvalue weighted by Crippen LogP contribution is 2.37. The van der Waals surface area contributed by atoms with Crippen molar-refractivity contribution in [3.05, 3.63) is 53.6 Å². The summed E-state index contributed by atoms with van der Waals surface area (Å²) in [4.78, 5) is 16.9. The van der Waals surface area contributed by atoms with Crippen LogP contribution in [0.15, 0.2) is 42.5 Å². The molecule has 0 radical (unpaired) electrons. The van der Waals surface area contributed by atoms with Crippen LogP contribution in [-0.4, -0.2) is 51.2 Å². The number of anilines is 1. The van der Waals surface area contributed by atoms with Crippen LogP contribution in [0.4, 0.5) is 5.69 Å². The van der Waals surface area contributed by atoms with E-state index >= 15 is 0 Å². The number of hydrogen-bond acceptors (Lipinski definition) is 5. The Morgan fingerprint density at radius 2 is 1.86 bits per heavy atom. The van der Waals surface area contributed by atoms with Crippen LogP contribution in [0.5, 0.6) is 11.5 Å². The minimum Gasteiger partial charge on any atom is -0.486 e. The van der Waals surface area contributed by atoms with Crippen molar-refractivity contribution in [3.8, 4) is 11.5 Å². The minimum atomic E-state index is 0.0612. The summed E-state index contributed by atoms with van der Waals surface area (Å²) in [7, 11) is 4.04. The molecule has 6 nitrogen and oxygen atoms in total. The van der Waals surface area contributed by atoms with Crippen LogP contribution in [0.1, 0.15) is 30.0 Å². The van der Waals surface area contributed by atoms with Crippen molar-refractivity contribution < 1.29 is 14.3 Å². The van der Waals surface area contributed by atoms with E-state index in [9.17, 15) is 4.79 Å². The molecule has 1 atom stereocenters. The monoisotopic (exact) mass is 395 g/mol. The summed E-state index contributed by atoms with van der Waals surface area (Å²) in [6.45, 7) is 3.08. The molecule has 2 aromatic carbocycles. The van der Waals surface area contributed by atoms with Crippen molar-refractivity contribution in [2.24, 2.45) is 0 Å². The summed E-state index contributed by atoms with van der Waals surface area (Å²) in [5.41, 5.74) is 3.45. The molecule has 1 fully saturated rings. The number of fused-ring (bicyclic) bond motifs is 1. The maximum atomic E-state index is 12.6. The average Bonchev–Trinajstić information content (AvgIpc) is 3.20. The first kappa shape index (κ1) is 19.6. The lowest BCUT2D eigenvalue weighted by molar-refractivity contribution is -0.122. The van der Waals surface area contributed by atoms with E-state index < -0.39 is 0 Å². The third kappa shape index (κ3) is 4.65. The number of nitrogens with zero attached hydrogens (tertiary/aromatic N) is 2. The Morgan fingerprint density at radius 3 is 2.62 bits per heavy atom. The number of amides is 1. The molecule has 1 N–H and O–H groups in total. The molecule has 2 aliphatic heterocycles. The lowest BCUT2D eigenvalue weighted by Gasteiger charge is -2.26. The van der Waals surface area contributed by atoms with Gasteiger partial charge in [-0.25, -0.2) is 0 Å². The quantitative estimate of drug-likeness (QED) is 0.815. The standard InChI is InChI=1S/C23H29N3O3/c1-25(2)19-8-5-17(6-9-19)15-24-23(27)16-26-11-3-4-20(26)18-7-10-21-22(14-18)29-13-12-28-21/h5-10,14,20H,3-4,11-13,15-16H2,1-2H3,(H,24,27)/t20-/m1/s1. The molecule has 0 saturated carbocycles. The molecule has 0 unspecified atom stereocenters. The second-order valence-electron chi connectivity index (χ2n) is 7.87. The van der Waals surface area contributed by atoms with E-state index in [0.717, 1.165) is 42.1 Å². The molecule has 29 heavy (non-hydrogen) atoms. The Balaban J connectivity index is 1.34. The van der Waals surface area contributed by atoms with Crippen LogP contribution in [0.3, 0.4) is 0 Å². The molecule has 2 aliphatic rings. The van der Waals surface area contributed by atoms with E-state index in [1.807, 2.05) is 20.2 Å². The van der Waals surface area contributed by atoms with E-state index in [4.69, 9.17) is 9.47 Å². The van der Waals surface area contributed by atoms with Crippen molar-refractivity contribution >= 4 is 11.6 Å². The molecule has 1 amide bonds. The second-order valence-corrected chi connectivity index (χ2v) is 7.87. The number of carbonyl (C=O) groups excluding carboxylic acids is 1. The molecule has 6 heteroatoms. The molecule has 0 aliphatic carbocycles. The first-order chi connectivity index (χ1) is 14.1. The SMILES string of the molecule is CN(C)c1ccc(CNC(=O)CN2CCC[C@@H]2c2ccc3c(c2)OCCO3)cc1. The van der Waals surface area contributed by atoms with Gasteiger partial charge in [-0.1, -0.05) is 18.2 Å². The Hall–Kier alpha value is -2.73. The van der Waals surface area contributed by atoms with Gasteiger partial charge in [-0.3, -0.25) is 9.69 Å². The van der Waals surface area contributed by atoms with E-state index in [1.165, 1.54) is 5.56 Å². The van der Waals surface area contributed by atoms with Gasteiger partial charge in [-0.15, -0.1) is 0 Å². The highest BCUT2D eigenvalue weighted by atomic mass is 16.6. The van der Waals surface area contributed by atoms with Crippen LogP contribution in [-0.2, 0) is 11.3 Å². The second kappa shape index (κ2) is 8.74. The zero-order valence-corrected chi connectivity index (χ0v) is 17.2. The first-order valence-electron chi connectivity index (χ1n) is 10.3. The van der Waals surface area contributed by atoms with Crippen LogP contribution in [0.25, 0.3) is 0 Å². The third-order valence-electron chi connectivity index (χ3n) is 5.60. The summed E-state index contributed by atoms with van der Waals surface area (Å²) in [5, 5.41) is 3.06. The zero-order valence-electron chi connectivity index (χ0n) is 17.2. The average molecular weight is 396 g/mol. The summed E-state index contributed by atoms with van der Waals surface area (Å²) < 4.78 is 11.3. The zero-order chi connectivity index (χ0) is 20.2. The molecule has 154 valence electrons. The van der Waals surface area contributed by atoms with E-state index in [1.54, 1.807) is 0 Å². The molecule has 2 aromatic rings. The van der Waals surface area contributed by atoms with E-state index in [0.29, 0.717) is 26.3 Å². The number of nitrogens with one attached hydrogen (secondary N) is 1. The van der Waals surface area contributed by atoms with Crippen molar-refractivity contribution in [2.45, 2.75) is 25.4 Å². The van der Waals surface area contributed by atoms with Gasteiger partial charge in [-0.05, 0) is 54.8 Å². The lowest BCUT2D eigenvalue weighted by atomic mass is 10.0.